The van der Waals surface area contributed by atoms with Gasteiger partial charge in [0.25, 0.3) is 5.91 Å². The number of aliphatic imine (C=N–C) groups is 1. The molecule has 1 aromatic heterocycles. The smallest absolute Gasteiger partial charge is 0.256 e. The standard InChI is InChI=1S/C35H39N5O3/c1-23(2)32(41)38-17-13-35(14-18-38)34(43)40(22-24-12-16-39(21-24)33(42)27-7-8-27)31(37-35)26-5-3-25(4-6-26)28-9-10-30-20-36-15-11-29(30)19-28/h3-6,9-11,15,19-20,23-24,27H,7-8,12-14,16-18,21-22H2,1-2H3/t24-/m1/s1. The van der Waals surface area contributed by atoms with Crippen LogP contribution in [-0.4, -0.2) is 81.5 Å². The van der Waals surface area contributed by atoms with Crippen molar-refractivity contribution in [2.24, 2.45) is 22.7 Å². The molecule has 1 aliphatic carbocycles. The highest BCUT2D eigenvalue weighted by Crippen LogP contribution is 2.38. The zero-order valence-corrected chi connectivity index (χ0v) is 25.0. The zero-order valence-electron chi connectivity index (χ0n) is 25.0. The molecule has 0 unspecified atom stereocenters. The van der Waals surface area contributed by atoms with Crippen molar-refractivity contribution in [1.82, 2.24) is 19.7 Å². The first-order valence-corrected chi connectivity index (χ1v) is 15.8. The van der Waals surface area contributed by atoms with E-state index in [0.29, 0.717) is 39.0 Å². The van der Waals surface area contributed by atoms with Crippen molar-refractivity contribution in [3.05, 3.63) is 66.5 Å². The van der Waals surface area contributed by atoms with E-state index >= 15 is 0 Å². The van der Waals surface area contributed by atoms with Gasteiger partial charge in [0.2, 0.25) is 11.8 Å². The summed E-state index contributed by atoms with van der Waals surface area (Å²) in [6, 6.07) is 16.7. The number of carbonyl (C=O) groups is 3. The Bertz CT molecular complexity index is 1600. The maximum absolute atomic E-state index is 14.2. The Kier molecular flexibility index (Phi) is 7.02. The number of hydrogen-bond acceptors (Lipinski definition) is 5. The largest absolute Gasteiger partial charge is 0.342 e. The highest BCUT2D eigenvalue weighted by atomic mass is 16.2. The molecule has 8 heteroatoms. The lowest BCUT2D eigenvalue weighted by molar-refractivity contribution is -0.140. The molecule has 2 saturated heterocycles. The number of piperidine rings is 1. The van der Waals surface area contributed by atoms with Gasteiger partial charge in [-0.25, -0.2) is 0 Å². The third-order valence-electron chi connectivity index (χ3n) is 9.70. The molecule has 0 bridgehead atoms. The van der Waals surface area contributed by atoms with E-state index in [1.807, 2.05) is 47.0 Å². The van der Waals surface area contributed by atoms with Crippen molar-refractivity contribution >= 4 is 34.3 Å². The Hall–Kier alpha value is -4.07. The van der Waals surface area contributed by atoms with Gasteiger partial charge in [-0.3, -0.25) is 29.3 Å². The number of benzene rings is 2. The summed E-state index contributed by atoms with van der Waals surface area (Å²) < 4.78 is 0. The zero-order chi connectivity index (χ0) is 29.7. The van der Waals surface area contributed by atoms with Gasteiger partial charge in [-0.2, -0.15) is 0 Å². The molecule has 43 heavy (non-hydrogen) atoms. The van der Waals surface area contributed by atoms with Gasteiger partial charge in [0, 0.05) is 67.9 Å². The second kappa shape index (κ2) is 10.9. The lowest BCUT2D eigenvalue weighted by Gasteiger charge is -2.37. The molecular weight excluding hydrogens is 538 g/mol. The van der Waals surface area contributed by atoms with Gasteiger partial charge in [-0.1, -0.05) is 50.2 Å². The highest BCUT2D eigenvalue weighted by Gasteiger charge is 2.51. The fourth-order valence-corrected chi connectivity index (χ4v) is 6.94. The van der Waals surface area contributed by atoms with Crippen LogP contribution >= 0.6 is 0 Å². The first-order chi connectivity index (χ1) is 20.8. The van der Waals surface area contributed by atoms with Crippen molar-refractivity contribution in [3.63, 3.8) is 0 Å². The van der Waals surface area contributed by atoms with Crippen LogP contribution in [0.2, 0.25) is 0 Å². The number of fused-ring (bicyclic) bond motifs is 1. The second-order valence-electron chi connectivity index (χ2n) is 13.1. The number of nitrogens with zero attached hydrogens (tertiary/aromatic N) is 5. The van der Waals surface area contributed by atoms with Crippen LogP contribution in [0.3, 0.4) is 0 Å². The molecule has 3 aliphatic heterocycles. The molecular formula is C35H39N5O3. The Balaban J connectivity index is 1.15. The average Bonchev–Trinajstić information content (AvgIpc) is 3.73. The van der Waals surface area contributed by atoms with Crippen molar-refractivity contribution in [1.29, 1.82) is 0 Å². The van der Waals surface area contributed by atoms with Gasteiger partial charge in [-0.05, 0) is 66.7 Å². The molecule has 1 spiro atoms. The molecule has 1 saturated carbocycles. The van der Waals surface area contributed by atoms with Gasteiger partial charge in [-0.15, -0.1) is 0 Å². The third kappa shape index (κ3) is 5.21. The van der Waals surface area contributed by atoms with E-state index in [9.17, 15) is 14.4 Å². The van der Waals surface area contributed by atoms with Crippen molar-refractivity contribution in [3.8, 4) is 11.1 Å². The summed E-state index contributed by atoms with van der Waals surface area (Å²) in [5.41, 5.74) is 2.30. The van der Waals surface area contributed by atoms with Crippen LogP contribution in [0.4, 0.5) is 0 Å². The van der Waals surface area contributed by atoms with Crippen LogP contribution in [0.15, 0.2) is 65.9 Å². The number of rotatable bonds is 6. The summed E-state index contributed by atoms with van der Waals surface area (Å²) in [5.74, 6) is 1.54. The summed E-state index contributed by atoms with van der Waals surface area (Å²) in [6.07, 6.45) is 7.66. The Labute approximate surface area is 252 Å². The van der Waals surface area contributed by atoms with Crippen molar-refractivity contribution in [2.75, 3.05) is 32.7 Å². The summed E-state index contributed by atoms with van der Waals surface area (Å²) in [7, 11) is 0. The number of aromatic nitrogens is 1. The van der Waals surface area contributed by atoms with Gasteiger partial charge in [0.05, 0.1) is 0 Å². The van der Waals surface area contributed by atoms with E-state index in [-0.39, 0.29) is 35.5 Å². The number of amidine groups is 1. The molecule has 3 aromatic rings. The Morgan fingerprint density at radius 2 is 1.60 bits per heavy atom. The summed E-state index contributed by atoms with van der Waals surface area (Å²) >= 11 is 0. The summed E-state index contributed by atoms with van der Waals surface area (Å²) in [4.78, 5) is 54.8. The van der Waals surface area contributed by atoms with E-state index in [0.717, 1.165) is 59.1 Å². The minimum absolute atomic E-state index is 0.0401. The highest BCUT2D eigenvalue weighted by molar-refractivity contribution is 6.15. The van der Waals surface area contributed by atoms with Crippen molar-refractivity contribution in [2.45, 2.75) is 51.5 Å². The Morgan fingerprint density at radius 1 is 0.884 bits per heavy atom. The number of pyridine rings is 1. The van der Waals surface area contributed by atoms with Crippen LogP contribution < -0.4 is 0 Å². The maximum Gasteiger partial charge on any atom is 0.256 e. The second-order valence-corrected chi connectivity index (χ2v) is 13.1. The van der Waals surface area contributed by atoms with Crippen LogP contribution in [0.25, 0.3) is 21.9 Å². The van der Waals surface area contributed by atoms with E-state index in [2.05, 4.69) is 47.4 Å². The molecule has 3 amide bonds. The fourth-order valence-electron chi connectivity index (χ4n) is 6.94. The fraction of sp³-hybridized carbons (Fsp3) is 0.457. The van der Waals surface area contributed by atoms with Gasteiger partial charge < -0.3 is 9.80 Å². The lowest BCUT2D eigenvalue weighted by atomic mass is 9.87. The van der Waals surface area contributed by atoms with Crippen molar-refractivity contribution < 1.29 is 14.4 Å². The molecule has 4 aliphatic rings. The minimum atomic E-state index is -0.837. The molecule has 8 nitrogen and oxygen atoms in total. The Morgan fingerprint density at radius 3 is 2.33 bits per heavy atom. The number of hydrogen-bond donors (Lipinski definition) is 0. The predicted octanol–water partition coefficient (Wildman–Crippen LogP) is 4.77. The third-order valence-corrected chi connectivity index (χ3v) is 9.70. The summed E-state index contributed by atoms with van der Waals surface area (Å²) in [5, 5.41) is 2.25. The number of carbonyl (C=O) groups excluding carboxylic acids is 3. The van der Waals surface area contributed by atoms with Gasteiger partial charge in [0.15, 0.2) is 0 Å². The van der Waals surface area contributed by atoms with Gasteiger partial charge >= 0.3 is 0 Å². The molecule has 4 heterocycles. The summed E-state index contributed by atoms with van der Waals surface area (Å²) in [6.45, 7) is 6.94. The number of amides is 3. The first-order valence-electron chi connectivity index (χ1n) is 15.8. The molecule has 7 rings (SSSR count). The normalized spacial score (nSPS) is 21.7. The molecule has 1 atom stereocenters. The molecule has 222 valence electrons. The average molecular weight is 578 g/mol. The topological polar surface area (TPSA) is 86.2 Å². The van der Waals surface area contributed by atoms with Gasteiger partial charge in [0.1, 0.15) is 11.4 Å². The van der Waals surface area contributed by atoms with Crippen LogP contribution in [0, 0.1) is 17.8 Å². The van der Waals surface area contributed by atoms with E-state index < -0.39 is 5.54 Å². The van der Waals surface area contributed by atoms with E-state index in [1.54, 1.807) is 0 Å². The quantitative estimate of drug-likeness (QED) is 0.423. The monoisotopic (exact) mass is 577 g/mol. The SMILES string of the molecule is CC(C)C(=O)N1CCC2(CC1)N=C(c1ccc(-c3ccc4cnccc4c3)cc1)N(C[C@@H]1CCN(C(=O)C3CC3)C1)C2=O. The lowest BCUT2D eigenvalue weighted by Crippen LogP contribution is -2.52. The van der Waals surface area contributed by atoms with Crippen LogP contribution in [-0.2, 0) is 14.4 Å². The molecule has 0 N–H and O–H groups in total. The van der Waals surface area contributed by atoms with Crippen LogP contribution in [0.5, 0.6) is 0 Å². The molecule has 3 fully saturated rings. The van der Waals surface area contributed by atoms with E-state index in [1.165, 1.54) is 0 Å². The van der Waals surface area contributed by atoms with E-state index in [4.69, 9.17) is 4.99 Å². The maximum atomic E-state index is 14.2. The minimum Gasteiger partial charge on any atom is -0.342 e. The predicted molar refractivity (Wildman–Crippen MR) is 166 cm³/mol. The first kappa shape index (κ1) is 27.7. The number of likely N-dealkylation sites (tertiary alicyclic amines) is 2. The molecule has 2 aromatic carbocycles. The molecule has 0 radical (unpaired) electrons. The van der Waals surface area contributed by atoms with Crippen LogP contribution in [0.1, 0.15) is 51.5 Å².